The van der Waals surface area contributed by atoms with E-state index in [1.54, 1.807) is 0 Å². The fourth-order valence-electron chi connectivity index (χ4n) is 1.55. The van der Waals surface area contributed by atoms with Gasteiger partial charge in [-0.2, -0.15) is 0 Å². The molecule has 0 aromatic heterocycles. The summed E-state index contributed by atoms with van der Waals surface area (Å²) in [4.78, 5) is 34.2. The van der Waals surface area contributed by atoms with E-state index in [1.165, 1.54) is 11.8 Å². The number of carboxylic acids is 1. The Morgan fingerprint density at radius 2 is 2.27 bits per heavy atom. The molecule has 1 saturated heterocycles. The number of carbonyl (C=O) groups excluding carboxylic acids is 2. The first-order valence-corrected chi connectivity index (χ1v) is 4.78. The number of hydrogen-bond donors (Lipinski definition) is 2. The molecule has 0 aromatic rings. The van der Waals surface area contributed by atoms with Crippen molar-refractivity contribution in [3.63, 3.8) is 0 Å². The Labute approximate surface area is 87.2 Å². The molecule has 84 valence electrons. The van der Waals surface area contributed by atoms with Crippen molar-refractivity contribution in [3.8, 4) is 0 Å². The number of nitrogens with one attached hydrogen (secondary N) is 1. The van der Waals surface area contributed by atoms with Crippen LogP contribution in [0.1, 0.15) is 19.8 Å². The molecule has 1 atom stereocenters. The van der Waals surface area contributed by atoms with Crippen molar-refractivity contribution in [2.75, 3.05) is 13.1 Å². The van der Waals surface area contributed by atoms with Crippen LogP contribution in [0.3, 0.4) is 0 Å². The Bertz CT molecular complexity index is 290. The molecule has 0 aliphatic carbocycles. The molecule has 6 heteroatoms. The van der Waals surface area contributed by atoms with E-state index in [0.29, 0.717) is 13.0 Å². The van der Waals surface area contributed by atoms with E-state index in [9.17, 15) is 14.4 Å². The highest BCUT2D eigenvalue weighted by molar-refractivity contribution is 5.84. The van der Waals surface area contributed by atoms with Gasteiger partial charge in [0.05, 0.1) is 6.54 Å². The van der Waals surface area contributed by atoms with Gasteiger partial charge in [0.2, 0.25) is 11.8 Å². The average Bonchev–Trinajstić information content (AvgIpc) is 2.50. The van der Waals surface area contributed by atoms with E-state index < -0.39 is 17.9 Å². The van der Waals surface area contributed by atoms with E-state index in [4.69, 9.17) is 5.11 Å². The van der Waals surface area contributed by atoms with Crippen molar-refractivity contribution < 1.29 is 19.5 Å². The molecule has 2 amide bonds. The summed E-state index contributed by atoms with van der Waals surface area (Å²) >= 11 is 0. The highest BCUT2D eigenvalue weighted by atomic mass is 16.4. The number of rotatable bonds is 4. The first-order chi connectivity index (χ1) is 7.00. The van der Waals surface area contributed by atoms with E-state index in [0.717, 1.165) is 6.42 Å². The molecule has 1 fully saturated rings. The predicted molar refractivity (Wildman–Crippen MR) is 51.1 cm³/mol. The molecule has 15 heavy (non-hydrogen) atoms. The summed E-state index contributed by atoms with van der Waals surface area (Å²) < 4.78 is 0. The predicted octanol–water partition coefficient (Wildman–Crippen LogP) is -0.802. The summed E-state index contributed by atoms with van der Waals surface area (Å²) in [5.74, 6) is -1.58. The third kappa shape index (κ3) is 3.23. The van der Waals surface area contributed by atoms with Crippen molar-refractivity contribution in [3.05, 3.63) is 0 Å². The molecule has 0 radical (unpaired) electrons. The van der Waals surface area contributed by atoms with Gasteiger partial charge in [0.1, 0.15) is 6.04 Å². The average molecular weight is 214 g/mol. The number of carbonyl (C=O) groups is 3. The fourth-order valence-corrected chi connectivity index (χ4v) is 1.55. The van der Waals surface area contributed by atoms with Crippen molar-refractivity contribution >= 4 is 17.8 Å². The van der Waals surface area contributed by atoms with Crippen LogP contribution in [-0.2, 0) is 14.4 Å². The van der Waals surface area contributed by atoms with Gasteiger partial charge in [0.15, 0.2) is 0 Å². The minimum absolute atomic E-state index is 0.0494. The topological polar surface area (TPSA) is 86.7 Å². The number of likely N-dealkylation sites (tertiary alicyclic amines) is 1. The van der Waals surface area contributed by atoms with Gasteiger partial charge in [0, 0.05) is 19.9 Å². The van der Waals surface area contributed by atoms with Gasteiger partial charge >= 0.3 is 5.97 Å². The summed E-state index contributed by atoms with van der Waals surface area (Å²) in [7, 11) is 0. The smallest absolute Gasteiger partial charge is 0.328 e. The Balaban J connectivity index is 2.54. The van der Waals surface area contributed by atoms with E-state index in [2.05, 4.69) is 5.32 Å². The minimum atomic E-state index is -1.12. The SMILES string of the molecule is CC(=O)NC(CN1CCCC1=O)C(=O)O. The molecule has 1 heterocycles. The van der Waals surface area contributed by atoms with Gasteiger partial charge in [0.25, 0.3) is 0 Å². The summed E-state index contributed by atoms with van der Waals surface area (Å²) in [5, 5.41) is 11.1. The number of amides is 2. The number of nitrogens with zero attached hydrogens (tertiary/aromatic N) is 1. The highest BCUT2D eigenvalue weighted by Crippen LogP contribution is 2.09. The molecule has 0 saturated carbocycles. The summed E-state index contributed by atoms with van der Waals surface area (Å²) in [5.41, 5.74) is 0. The summed E-state index contributed by atoms with van der Waals surface area (Å²) in [6.45, 7) is 1.87. The van der Waals surface area contributed by atoms with Crippen LogP contribution in [0, 0.1) is 0 Å². The van der Waals surface area contributed by atoms with Crippen LogP contribution >= 0.6 is 0 Å². The monoisotopic (exact) mass is 214 g/mol. The normalized spacial score (nSPS) is 17.7. The lowest BCUT2D eigenvalue weighted by atomic mass is 10.2. The zero-order chi connectivity index (χ0) is 11.4. The van der Waals surface area contributed by atoms with E-state index in [-0.39, 0.29) is 12.5 Å². The van der Waals surface area contributed by atoms with Crippen LogP contribution in [-0.4, -0.2) is 46.9 Å². The van der Waals surface area contributed by atoms with Crippen molar-refractivity contribution in [2.45, 2.75) is 25.8 Å². The standard InChI is InChI=1S/C9H14N2O4/c1-6(12)10-7(9(14)15)5-11-4-2-3-8(11)13/h7H,2-5H2,1H3,(H,10,12)(H,14,15). The molecule has 0 aromatic carbocycles. The lowest BCUT2D eigenvalue weighted by molar-refractivity contribution is -0.142. The van der Waals surface area contributed by atoms with Gasteiger partial charge in [-0.3, -0.25) is 9.59 Å². The van der Waals surface area contributed by atoms with Crippen LogP contribution in [0.2, 0.25) is 0 Å². The van der Waals surface area contributed by atoms with Gasteiger partial charge in [-0.25, -0.2) is 4.79 Å². The van der Waals surface area contributed by atoms with Gasteiger partial charge in [-0.05, 0) is 6.42 Å². The summed E-state index contributed by atoms with van der Waals surface area (Å²) in [6.07, 6.45) is 1.22. The Hall–Kier alpha value is -1.59. The second-order valence-corrected chi connectivity index (χ2v) is 3.53. The fraction of sp³-hybridized carbons (Fsp3) is 0.667. The van der Waals surface area contributed by atoms with Crippen LogP contribution in [0.5, 0.6) is 0 Å². The zero-order valence-electron chi connectivity index (χ0n) is 8.52. The number of aliphatic carboxylic acids is 1. The molecular formula is C9H14N2O4. The molecule has 6 nitrogen and oxygen atoms in total. The Kier molecular flexibility index (Phi) is 3.65. The first kappa shape index (κ1) is 11.5. The molecular weight excluding hydrogens is 200 g/mol. The lowest BCUT2D eigenvalue weighted by Gasteiger charge is -2.21. The Morgan fingerprint density at radius 1 is 1.60 bits per heavy atom. The van der Waals surface area contributed by atoms with Crippen molar-refractivity contribution in [1.82, 2.24) is 10.2 Å². The molecule has 1 rings (SSSR count). The number of carboxylic acid groups (broad SMARTS) is 1. The minimum Gasteiger partial charge on any atom is -0.480 e. The van der Waals surface area contributed by atoms with Crippen LogP contribution in [0.15, 0.2) is 0 Å². The highest BCUT2D eigenvalue weighted by Gasteiger charge is 2.27. The maximum Gasteiger partial charge on any atom is 0.328 e. The molecule has 1 aliphatic heterocycles. The molecule has 0 bridgehead atoms. The van der Waals surface area contributed by atoms with Crippen LogP contribution in [0.25, 0.3) is 0 Å². The number of hydrogen-bond acceptors (Lipinski definition) is 3. The molecule has 0 spiro atoms. The first-order valence-electron chi connectivity index (χ1n) is 4.78. The van der Waals surface area contributed by atoms with Crippen molar-refractivity contribution in [1.29, 1.82) is 0 Å². The third-order valence-electron chi connectivity index (χ3n) is 2.25. The third-order valence-corrected chi connectivity index (χ3v) is 2.25. The maximum atomic E-state index is 11.2. The zero-order valence-corrected chi connectivity index (χ0v) is 8.52. The van der Waals surface area contributed by atoms with E-state index >= 15 is 0 Å². The molecule has 2 N–H and O–H groups in total. The largest absolute Gasteiger partial charge is 0.480 e. The Morgan fingerprint density at radius 3 is 2.67 bits per heavy atom. The summed E-state index contributed by atoms with van der Waals surface area (Å²) in [6, 6.07) is -1.01. The van der Waals surface area contributed by atoms with Crippen molar-refractivity contribution in [2.24, 2.45) is 0 Å². The van der Waals surface area contributed by atoms with Crippen LogP contribution in [0.4, 0.5) is 0 Å². The molecule has 1 unspecified atom stereocenters. The van der Waals surface area contributed by atoms with Gasteiger partial charge in [-0.15, -0.1) is 0 Å². The van der Waals surface area contributed by atoms with Gasteiger partial charge < -0.3 is 15.3 Å². The maximum absolute atomic E-state index is 11.2. The quantitative estimate of drug-likeness (QED) is 0.641. The van der Waals surface area contributed by atoms with E-state index in [1.807, 2.05) is 0 Å². The second-order valence-electron chi connectivity index (χ2n) is 3.53. The second kappa shape index (κ2) is 4.77. The molecule has 1 aliphatic rings. The lowest BCUT2D eigenvalue weighted by Crippen LogP contribution is -2.48. The van der Waals surface area contributed by atoms with Crippen LogP contribution < -0.4 is 5.32 Å². The van der Waals surface area contributed by atoms with Gasteiger partial charge in [-0.1, -0.05) is 0 Å².